The second kappa shape index (κ2) is 4.70. The lowest BCUT2D eigenvalue weighted by Crippen LogP contribution is -2.49. The number of aliphatic hydroxyl groups is 1. The molecule has 0 saturated carbocycles. The van der Waals surface area contributed by atoms with Gasteiger partial charge in [0.1, 0.15) is 0 Å². The summed E-state index contributed by atoms with van der Waals surface area (Å²) in [5.41, 5.74) is 0. The number of rotatable bonds is 4. The first-order chi connectivity index (χ1) is 7.58. The second-order valence-electron chi connectivity index (χ2n) is 2.49. The summed E-state index contributed by atoms with van der Waals surface area (Å²) in [4.78, 5) is 0. The number of hydrogen-bond donors (Lipinski definition) is 1. The lowest BCUT2D eigenvalue weighted by molar-refractivity contribution is -0.511. The Hall–Kier alpha value is -0.820. The highest BCUT2D eigenvalue weighted by Gasteiger charge is 2.67. The molecule has 0 aromatic carbocycles. The summed E-state index contributed by atoms with van der Waals surface area (Å²) >= 11 is 0. The molecule has 1 N–H and O–H groups in total. The maximum atomic E-state index is 12.2. The van der Waals surface area contributed by atoms with Gasteiger partial charge in [0, 0.05) is 0 Å². The van der Waals surface area contributed by atoms with Gasteiger partial charge in [-0.1, -0.05) is 0 Å². The maximum absolute atomic E-state index is 12.2. The molecule has 13 heteroatoms. The maximum Gasteiger partial charge on any atom is 0.527 e. The molecule has 0 spiro atoms. The SMILES string of the molecule is O[C](OC(F)(F)C(F)(F)OC(F)(F)F)C(F)(F)F. The summed E-state index contributed by atoms with van der Waals surface area (Å²) in [7, 11) is 0. The van der Waals surface area contributed by atoms with Crippen LogP contribution in [-0.2, 0) is 9.47 Å². The van der Waals surface area contributed by atoms with Gasteiger partial charge in [-0.25, -0.2) is 4.74 Å². The monoisotopic (exact) mass is 299 g/mol. The molecule has 0 atom stereocenters. The van der Waals surface area contributed by atoms with Crippen molar-refractivity contribution < 1.29 is 58.5 Å². The van der Waals surface area contributed by atoms with E-state index in [1.54, 1.807) is 4.74 Å². The zero-order valence-electron chi connectivity index (χ0n) is 7.54. The molecule has 0 bridgehead atoms. The summed E-state index contributed by atoms with van der Waals surface area (Å²) in [6.07, 6.45) is -28.7. The van der Waals surface area contributed by atoms with Crippen molar-refractivity contribution in [3.63, 3.8) is 0 Å². The summed E-state index contributed by atoms with van der Waals surface area (Å²) in [6.45, 7) is 0. The van der Waals surface area contributed by atoms with Crippen molar-refractivity contribution in [1.82, 2.24) is 0 Å². The Morgan fingerprint density at radius 2 is 1.11 bits per heavy atom. The molecule has 109 valence electrons. The van der Waals surface area contributed by atoms with E-state index in [1.807, 2.05) is 0 Å². The van der Waals surface area contributed by atoms with E-state index in [4.69, 9.17) is 5.11 Å². The van der Waals surface area contributed by atoms with Crippen LogP contribution in [0.5, 0.6) is 0 Å². The highest BCUT2D eigenvalue weighted by Crippen LogP contribution is 2.43. The Morgan fingerprint density at radius 3 is 1.39 bits per heavy atom. The van der Waals surface area contributed by atoms with Gasteiger partial charge in [0.25, 0.3) is 0 Å². The quantitative estimate of drug-likeness (QED) is 0.810. The van der Waals surface area contributed by atoms with Crippen molar-refractivity contribution >= 4 is 0 Å². The molecule has 0 aliphatic carbocycles. The van der Waals surface area contributed by atoms with Gasteiger partial charge in [-0.05, 0) is 0 Å². The van der Waals surface area contributed by atoms with E-state index in [-0.39, 0.29) is 0 Å². The first-order valence-electron chi connectivity index (χ1n) is 3.43. The van der Waals surface area contributed by atoms with Crippen molar-refractivity contribution in [2.45, 2.75) is 24.8 Å². The van der Waals surface area contributed by atoms with Crippen LogP contribution in [0.2, 0.25) is 0 Å². The first-order valence-corrected chi connectivity index (χ1v) is 3.43. The van der Waals surface area contributed by atoms with E-state index >= 15 is 0 Å². The summed E-state index contributed by atoms with van der Waals surface area (Å²) in [5.74, 6) is 0. The normalized spacial score (nSPS) is 15.3. The average Bonchev–Trinajstić information content (AvgIpc) is 1.95. The highest BCUT2D eigenvalue weighted by atomic mass is 19.4. The molecule has 0 unspecified atom stereocenters. The van der Waals surface area contributed by atoms with E-state index < -0.39 is 31.0 Å². The molecule has 1 radical (unpaired) electrons. The molecule has 3 nitrogen and oxygen atoms in total. The van der Waals surface area contributed by atoms with Crippen LogP contribution >= 0.6 is 0 Å². The Kier molecular flexibility index (Phi) is 4.48. The fourth-order valence-corrected chi connectivity index (χ4v) is 0.443. The predicted octanol–water partition coefficient (Wildman–Crippen LogP) is 3.15. The molecule has 18 heavy (non-hydrogen) atoms. The van der Waals surface area contributed by atoms with Gasteiger partial charge in [-0.2, -0.15) is 30.7 Å². The molecule has 0 saturated heterocycles. The van der Waals surface area contributed by atoms with Gasteiger partial charge in [0.05, 0.1) is 0 Å². The van der Waals surface area contributed by atoms with Crippen molar-refractivity contribution in [3.05, 3.63) is 6.29 Å². The zero-order valence-corrected chi connectivity index (χ0v) is 7.54. The molecule has 0 aromatic rings. The van der Waals surface area contributed by atoms with E-state index in [9.17, 15) is 43.9 Å². The van der Waals surface area contributed by atoms with Crippen LogP contribution in [0.15, 0.2) is 0 Å². The smallest absolute Gasteiger partial charge is 0.354 e. The van der Waals surface area contributed by atoms with Crippen LogP contribution in [0.1, 0.15) is 0 Å². The van der Waals surface area contributed by atoms with Gasteiger partial charge >= 0.3 is 31.0 Å². The molecule has 0 amide bonds. The van der Waals surface area contributed by atoms with Crippen molar-refractivity contribution in [2.75, 3.05) is 0 Å². The number of halogens is 10. The van der Waals surface area contributed by atoms with Crippen LogP contribution in [-0.4, -0.2) is 29.9 Å². The van der Waals surface area contributed by atoms with E-state index in [0.717, 1.165) is 0 Å². The number of ether oxygens (including phenoxy) is 2. The van der Waals surface area contributed by atoms with Gasteiger partial charge in [-0.3, -0.25) is 4.74 Å². The molecular weight excluding hydrogens is 298 g/mol. The van der Waals surface area contributed by atoms with Crippen LogP contribution in [0.3, 0.4) is 0 Å². The lowest BCUT2D eigenvalue weighted by Gasteiger charge is -2.27. The third kappa shape index (κ3) is 4.81. The highest BCUT2D eigenvalue weighted by molar-refractivity contribution is 4.79. The van der Waals surface area contributed by atoms with Crippen molar-refractivity contribution in [3.8, 4) is 0 Å². The van der Waals surface area contributed by atoms with Crippen molar-refractivity contribution in [1.29, 1.82) is 0 Å². The minimum atomic E-state index is -6.48. The minimum absolute atomic E-state index is 1.60. The Morgan fingerprint density at radius 1 is 0.722 bits per heavy atom. The summed E-state index contributed by atoms with van der Waals surface area (Å²) < 4.78 is 121. The van der Waals surface area contributed by atoms with E-state index in [1.165, 1.54) is 0 Å². The zero-order chi connectivity index (χ0) is 15.0. The molecule has 0 rings (SSSR count). The fraction of sp³-hybridized carbons (Fsp3) is 0.800. The summed E-state index contributed by atoms with van der Waals surface area (Å²) in [6, 6.07) is 0. The second-order valence-corrected chi connectivity index (χ2v) is 2.49. The van der Waals surface area contributed by atoms with E-state index in [2.05, 4.69) is 4.74 Å². The minimum Gasteiger partial charge on any atom is -0.354 e. The lowest BCUT2D eigenvalue weighted by atomic mass is 10.5. The topological polar surface area (TPSA) is 38.7 Å². The third-order valence-corrected chi connectivity index (χ3v) is 1.05. The first kappa shape index (κ1) is 17.2. The molecule has 0 aliphatic heterocycles. The average molecular weight is 299 g/mol. The van der Waals surface area contributed by atoms with Crippen LogP contribution in [0.4, 0.5) is 43.9 Å². The van der Waals surface area contributed by atoms with Gasteiger partial charge in [-0.15, -0.1) is 13.2 Å². The largest absolute Gasteiger partial charge is 0.527 e. The van der Waals surface area contributed by atoms with Gasteiger partial charge in [0.15, 0.2) is 0 Å². The Bertz CT molecular complexity index is 280. The molecule has 0 aromatic heterocycles. The third-order valence-electron chi connectivity index (χ3n) is 1.05. The van der Waals surface area contributed by atoms with Gasteiger partial charge < -0.3 is 5.11 Å². The molecule has 0 fully saturated rings. The van der Waals surface area contributed by atoms with Crippen LogP contribution < -0.4 is 0 Å². The van der Waals surface area contributed by atoms with Crippen LogP contribution in [0, 0.1) is 6.29 Å². The van der Waals surface area contributed by atoms with E-state index in [0.29, 0.717) is 0 Å². The predicted molar refractivity (Wildman–Crippen MR) is 29.4 cm³/mol. The van der Waals surface area contributed by atoms with Crippen molar-refractivity contribution in [2.24, 2.45) is 0 Å². The van der Waals surface area contributed by atoms with Crippen LogP contribution in [0.25, 0.3) is 0 Å². The summed E-state index contributed by atoms with van der Waals surface area (Å²) in [5, 5.41) is 7.80. The number of hydrogen-bond acceptors (Lipinski definition) is 3. The van der Waals surface area contributed by atoms with Gasteiger partial charge in [0.2, 0.25) is 0 Å². The number of alkyl halides is 10. The Labute approximate surface area is 90.9 Å². The standard InChI is InChI=1S/C5HF10O3/c6-2(7,8)1(16)17-3(9,10)4(11,12)18-5(13,14)15/h16H. The number of aliphatic hydroxyl groups excluding tert-OH is 1. The molecule has 0 heterocycles. The molecule has 0 aliphatic rings. The molecular formula is C5HF10O3. The fourth-order valence-electron chi connectivity index (χ4n) is 0.443. The Balaban J connectivity index is 4.91.